The van der Waals surface area contributed by atoms with Crippen LogP contribution in [-0.2, 0) is 16.6 Å². The van der Waals surface area contributed by atoms with Gasteiger partial charge in [0.2, 0.25) is 13.6 Å². The Bertz CT molecular complexity index is 1020. The Balaban J connectivity index is 1.49. The summed E-state index contributed by atoms with van der Waals surface area (Å²) in [6, 6.07) is 8.78. The van der Waals surface area contributed by atoms with Crippen molar-refractivity contribution in [3.63, 3.8) is 0 Å². The summed E-state index contributed by atoms with van der Waals surface area (Å²) in [4.78, 5) is 2.33. The van der Waals surface area contributed by atoms with E-state index < -0.39 is 0 Å². The second-order valence-electron chi connectivity index (χ2n) is 8.20. The monoisotopic (exact) mass is 365 g/mol. The summed E-state index contributed by atoms with van der Waals surface area (Å²) in [5.41, 5.74) is 4.89. The zero-order valence-electron chi connectivity index (χ0n) is 15.2. The summed E-state index contributed by atoms with van der Waals surface area (Å²) in [6.45, 7) is 2.89. The number of benzene rings is 2. The third kappa shape index (κ3) is 1.53. The third-order valence-electron chi connectivity index (χ3n) is 7.05. The normalized spacial score (nSPS) is 33.8. The molecule has 0 aromatic heterocycles. The molecule has 2 aromatic rings. The summed E-state index contributed by atoms with van der Waals surface area (Å²) in [7, 11) is 2.14. The molecular formula is C21H19NO5. The lowest BCUT2D eigenvalue weighted by Crippen LogP contribution is -2.63. The van der Waals surface area contributed by atoms with E-state index in [1.807, 2.05) is 6.07 Å². The fraction of sp³-hybridized carbons (Fsp3) is 0.429. The van der Waals surface area contributed by atoms with Gasteiger partial charge in [-0.05, 0) is 41.9 Å². The van der Waals surface area contributed by atoms with Crippen LogP contribution in [-0.4, -0.2) is 31.6 Å². The lowest BCUT2D eigenvalue weighted by Gasteiger charge is -2.62. The molecule has 4 atom stereocenters. The summed E-state index contributed by atoms with van der Waals surface area (Å²) >= 11 is 0. The zero-order valence-corrected chi connectivity index (χ0v) is 15.2. The largest absolute Gasteiger partial charge is 0.454 e. The number of hydrogen-bond acceptors (Lipinski definition) is 6. The first-order chi connectivity index (χ1) is 13.2. The van der Waals surface area contributed by atoms with Gasteiger partial charge in [-0.3, -0.25) is 4.90 Å². The Morgan fingerprint density at radius 2 is 1.78 bits per heavy atom. The molecule has 4 bridgehead atoms. The number of fused-ring (bicyclic) bond motifs is 3. The van der Waals surface area contributed by atoms with Crippen molar-refractivity contribution in [1.29, 1.82) is 0 Å². The van der Waals surface area contributed by atoms with Crippen molar-refractivity contribution in [2.24, 2.45) is 0 Å². The van der Waals surface area contributed by atoms with Crippen LogP contribution in [0.25, 0.3) is 0 Å². The minimum Gasteiger partial charge on any atom is -0.454 e. The van der Waals surface area contributed by atoms with Gasteiger partial charge in [-0.1, -0.05) is 13.0 Å². The van der Waals surface area contributed by atoms with Crippen LogP contribution < -0.4 is 18.9 Å². The Hall–Kier alpha value is -2.44. The summed E-state index contributed by atoms with van der Waals surface area (Å²) < 4.78 is 29.3. The van der Waals surface area contributed by atoms with Gasteiger partial charge in [0.1, 0.15) is 6.23 Å². The minimum atomic E-state index is -0.166. The van der Waals surface area contributed by atoms with Gasteiger partial charge in [-0.25, -0.2) is 0 Å². The van der Waals surface area contributed by atoms with Crippen LogP contribution >= 0.6 is 0 Å². The van der Waals surface area contributed by atoms with E-state index in [9.17, 15) is 0 Å². The molecule has 1 saturated heterocycles. The maximum absolute atomic E-state index is 6.62. The first-order valence-electron chi connectivity index (χ1n) is 9.39. The molecule has 0 radical (unpaired) electrons. The number of hydrogen-bond donors (Lipinski definition) is 0. The molecule has 0 unspecified atom stereocenters. The van der Waals surface area contributed by atoms with Crippen LogP contribution in [0, 0.1) is 0 Å². The third-order valence-corrected chi connectivity index (χ3v) is 7.05. The molecule has 6 nitrogen and oxygen atoms in total. The van der Waals surface area contributed by atoms with Crippen LogP contribution in [0.3, 0.4) is 0 Å². The van der Waals surface area contributed by atoms with Crippen LogP contribution in [0.5, 0.6) is 23.0 Å². The van der Waals surface area contributed by atoms with Crippen molar-refractivity contribution in [2.75, 3.05) is 20.6 Å². The lowest BCUT2D eigenvalue weighted by atomic mass is 9.58. The second kappa shape index (κ2) is 4.51. The molecule has 0 saturated carbocycles. The van der Waals surface area contributed by atoms with E-state index in [2.05, 4.69) is 37.1 Å². The standard InChI is InChI=1S/C21H19NO5/c1-21-12-3-4-13-18(26-9-23-13)17(12)20-22(2)19(21)11-7-15-14(24-8-25-15)5-10(11)6-16(21)27-20/h3-5,7,16,19-20H,6,8-9H2,1-2H3/t16-,19+,20-,21+/m0/s1. The SMILES string of the molecule is CN1[C@H]2O[C@H]3Cc4cc5c(cc4[C@@H]1[C@]3(C)c1ccc3c(c12)OCO3)OCO5. The van der Waals surface area contributed by atoms with Crippen molar-refractivity contribution in [3.8, 4) is 23.0 Å². The Morgan fingerprint density at radius 1 is 1.00 bits per heavy atom. The molecule has 138 valence electrons. The summed E-state index contributed by atoms with van der Waals surface area (Å²) in [5.74, 6) is 3.35. The van der Waals surface area contributed by atoms with Gasteiger partial charge in [0.15, 0.2) is 23.0 Å². The van der Waals surface area contributed by atoms with Crippen LogP contribution in [0.15, 0.2) is 24.3 Å². The van der Waals surface area contributed by atoms with Crippen molar-refractivity contribution in [2.45, 2.75) is 37.1 Å². The van der Waals surface area contributed by atoms with E-state index >= 15 is 0 Å². The predicted octanol–water partition coefficient (Wildman–Crippen LogP) is 3.04. The molecule has 6 aliphatic rings. The molecular weight excluding hydrogens is 346 g/mol. The highest BCUT2D eigenvalue weighted by Gasteiger charge is 2.62. The van der Waals surface area contributed by atoms with Gasteiger partial charge < -0.3 is 23.7 Å². The second-order valence-corrected chi connectivity index (χ2v) is 8.20. The van der Waals surface area contributed by atoms with Crippen molar-refractivity contribution < 1.29 is 23.7 Å². The number of ether oxygens (including phenoxy) is 5. The smallest absolute Gasteiger partial charge is 0.231 e. The van der Waals surface area contributed by atoms with E-state index in [-0.39, 0.29) is 30.6 Å². The molecule has 2 aromatic carbocycles. The Labute approximate surface area is 156 Å². The molecule has 6 heteroatoms. The lowest BCUT2D eigenvalue weighted by molar-refractivity contribution is -0.220. The van der Waals surface area contributed by atoms with E-state index in [4.69, 9.17) is 23.7 Å². The number of likely N-dealkylation sites (N-methyl/N-ethyl adjacent to an activating group) is 1. The van der Waals surface area contributed by atoms with Crippen molar-refractivity contribution in [3.05, 3.63) is 46.5 Å². The fourth-order valence-corrected chi connectivity index (χ4v) is 5.86. The molecule has 8 rings (SSSR count). The first kappa shape index (κ1) is 14.6. The molecule has 0 N–H and O–H groups in total. The minimum absolute atomic E-state index is 0.115. The Kier molecular flexibility index (Phi) is 2.44. The quantitative estimate of drug-likeness (QED) is 0.715. The maximum Gasteiger partial charge on any atom is 0.231 e. The molecule has 0 spiro atoms. The molecule has 27 heavy (non-hydrogen) atoms. The van der Waals surface area contributed by atoms with Gasteiger partial charge in [-0.15, -0.1) is 0 Å². The predicted molar refractivity (Wildman–Crippen MR) is 94.3 cm³/mol. The van der Waals surface area contributed by atoms with Crippen molar-refractivity contribution in [1.82, 2.24) is 4.90 Å². The molecule has 0 amide bonds. The molecule has 5 heterocycles. The van der Waals surface area contributed by atoms with Gasteiger partial charge in [0.25, 0.3) is 0 Å². The average molecular weight is 365 g/mol. The highest BCUT2D eigenvalue weighted by molar-refractivity contribution is 5.61. The van der Waals surface area contributed by atoms with Gasteiger partial charge >= 0.3 is 0 Å². The van der Waals surface area contributed by atoms with E-state index in [1.165, 1.54) is 16.7 Å². The van der Waals surface area contributed by atoms with Crippen LogP contribution in [0.1, 0.15) is 41.4 Å². The fourth-order valence-electron chi connectivity index (χ4n) is 5.86. The molecule has 1 fully saturated rings. The summed E-state index contributed by atoms with van der Waals surface area (Å²) in [6.07, 6.45) is 0.855. The first-order valence-corrected chi connectivity index (χ1v) is 9.39. The average Bonchev–Trinajstić information content (AvgIpc) is 3.30. The zero-order chi connectivity index (χ0) is 17.9. The Morgan fingerprint density at radius 3 is 2.67 bits per heavy atom. The molecule has 5 aliphatic heterocycles. The van der Waals surface area contributed by atoms with E-state index in [0.717, 1.165) is 35.0 Å². The summed E-state index contributed by atoms with van der Waals surface area (Å²) in [5, 5.41) is 0. The van der Waals surface area contributed by atoms with Crippen LogP contribution in [0.4, 0.5) is 0 Å². The van der Waals surface area contributed by atoms with Gasteiger partial charge in [0.05, 0.1) is 6.10 Å². The highest BCUT2D eigenvalue weighted by Crippen LogP contribution is 2.64. The van der Waals surface area contributed by atoms with Gasteiger partial charge in [-0.2, -0.15) is 0 Å². The highest BCUT2D eigenvalue weighted by atomic mass is 16.7. The van der Waals surface area contributed by atoms with E-state index in [0.29, 0.717) is 6.79 Å². The topological polar surface area (TPSA) is 49.4 Å². The van der Waals surface area contributed by atoms with E-state index in [1.54, 1.807) is 0 Å². The van der Waals surface area contributed by atoms with Crippen LogP contribution in [0.2, 0.25) is 0 Å². The molecule has 1 aliphatic carbocycles. The number of rotatable bonds is 0. The number of nitrogens with zero attached hydrogens (tertiary/aromatic N) is 1. The van der Waals surface area contributed by atoms with Gasteiger partial charge in [0, 0.05) is 23.4 Å². The maximum atomic E-state index is 6.62. The van der Waals surface area contributed by atoms with Crippen molar-refractivity contribution >= 4 is 0 Å².